The van der Waals surface area contributed by atoms with Gasteiger partial charge in [-0.2, -0.15) is 11.8 Å². The van der Waals surface area contributed by atoms with Gasteiger partial charge < -0.3 is 4.90 Å². The molecule has 1 aromatic heterocycles. The Labute approximate surface area is 138 Å². The second-order valence-corrected chi connectivity index (χ2v) is 6.93. The van der Waals surface area contributed by atoms with E-state index in [1.54, 1.807) is 0 Å². The molecule has 23 heavy (non-hydrogen) atoms. The molecular formula is C18H17N3OS. The van der Waals surface area contributed by atoms with E-state index in [-0.39, 0.29) is 5.56 Å². The summed E-state index contributed by atoms with van der Waals surface area (Å²) in [5.41, 5.74) is 2.01. The van der Waals surface area contributed by atoms with Crippen LogP contribution in [-0.4, -0.2) is 28.8 Å². The van der Waals surface area contributed by atoms with Crippen LogP contribution in [0.15, 0.2) is 59.4 Å². The van der Waals surface area contributed by atoms with E-state index in [2.05, 4.69) is 39.1 Å². The minimum absolute atomic E-state index is 0.0694. The third-order valence-corrected chi connectivity index (χ3v) is 5.38. The first-order valence-electron chi connectivity index (χ1n) is 7.72. The monoisotopic (exact) mass is 323 g/mol. The Morgan fingerprint density at radius 2 is 1.87 bits per heavy atom. The van der Waals surface area contributed by atoms with Crippen molar-refractivity contribution in [2.75, 3.05) is 23.7 Å². The van der Waals surface area contributed by atoms with Crippen molar-refractivity contribution in [3.63, 3.8) is 0 Å². The van der Waals surface area contributed by atoms with Crippen LogP contribution in [0.3, 0.4) is 0 Å². The van der Waals surface area contributed by atoms with Gasteiger partial charge in [0.05, 0.1) is 10.9 Å². The number of rotatable bonds is 2. The number of nitrogens with one attached hydrogen (secondary N) is 1. The number of nitrogens with zero attached hydrogens (tertiary/aromatic N) is 2. The van der Waals surface area contributed by atoms with Gasteiger partial charge in [0.2, 0.25) is 5.95 Å². The molecule has 0 radical (unpaired) electrons. The molecule has 1 fully saturated rings. The summed E-state index contributed by atoms with van der Waals surface area (Å²) >= 11 is 1.96. The molecule has 2 aromatic carbocycles. The third-order valence-electron chi connectivity index (χ3n) is 4.14. The molecule has 1 N–H and O–H groups in total. The number of para-hydroxylation sites is 1. The molecule has 116 valence electrons. The smallest absolute Gasteiger partial charge is 0.260 e. The first-order chi connectivity index (χ1) is 11.3. The Bertz CT molecular complexity index is 878. The van der Waals surface area contributed by atoms with Crippen LogP contribution in [0.5, 0.6) is 0 Å². The number of aromatic amines is 1. The predicted molar refractivity (Wildman–Crippen MR) is 96.2 cm³/mol. The van der Waals surface area contributed by atoms with Crippen molar-refractivity contribution in [2.24, 2.45) is 0 Å². The van der Waals surface area contributed by atoms with E-state index < -0.39 is 0 Å². The zero-order valence-electron chi connectivity index (χ0n) is 12.6. The Kier molecular flexibility index (Phi) is 3.79. The van der Waals surface area contributed by atoms with Crippen molar-refractivity contribution < 1.29 is 0 Å². The molecular weight excluding hydrogens is 306 g/mol. The van der Waals surface area contributed by atoms with Crippen LogP contribution in [0, 0.1) is 0 Å². The lowest BCUT2D eigenvalue weighted by atomic mass is 10.1. The van der Waals surface area contributed by atoms with Crippen molar-refractivity contribution in [1.29, 1.82) is 0 Å². The van der Waals surface area contributed by atoms with Gasteiger partial charge in [-0.3, -0.25) is 9.78 Å². The Hall–Kier alpha value is -2.27. The van der Waals surface area contributed by atoms with Crippen molar-refractivity contribution >= 4 is 28.6 Å². The Balaban J connectivity index is 1.66. The summed E-state index contributed by atoms with van der Waals surface area (Å²) in [4.78, 5) is 22.0. The average molecular weight is 323 g/mol. The van der Waals surface area contributed by atoms with Gasteiger partial charge in [-0.05, 0) is 17.7 Å². The zero-order valence-corrected chi connectivity index (χ0v) is 13.4. The molecule has 0 bridgehead atoms. The minimum atomic E-state index is -0.0694. The number of aromatic nitrogens is 2. The van der Waals surface area contributed by atoms with Gasteiger partial charge in [-0.1, -0.05) is 42.5 Å². The summed E-state index contributed by atoms with van der Waals surface area (Å²) in [5, 5.41) is 1.05. The van der Waals surface area contributed by atoms with Gasteiger partial charge in [0.25, 0.3) is 5.56 Å². The number of anilines is 1. The predicted octanol–water partition coefficient (Wildman–Crippen LogP) is 3.22. The molecule has 4 nitrogen and oxygen atoms in total. The maximum Gasteiger partial charge on any atom is 0.260 e. The van der Waals surface area contributed by atoms with Crippen LogP contribution in [-0.2, 0) is 0 Å². The molecule has 1 atom stereocenters. The summed E-state index contributed by atoms with van der Waals surface area (Å²) in [6.07, 6.45) is 0. The standard InChI is InChI=1S/C18H17N3OS/c22-17-14-8-4-5-9-15(14)19-18(20-17)21-10-11-23-16(12-21)13-6-2-1-3-7-13/h1-9,16H,10-12H2,(H,19,20,22)/t16-/m1/s1. The number of thioether (sulfide) groups is 1. The normalized spacial score (nSPS) is 18.3. The first kappa shape index (κ1) is 14.3. The van der Waals surface area contributed by atoms with Gasteiger partial charge in [0, 0.05) is 24.1 Å². The van der Waals surface area contributed by atoms with Gasteiger partial charge in [0.15, 0.2) is 0 Å². The number of H-pyrrole nitrogens is 1. The molecule has 0 aliphatic carbocycles. The van der Waals surface area contributed by atoms with E-state index in [9.17, 15) is 4.79 Å². The van der Waals surface area contributed by atoms with Crippen molar-refractivity contribution in [3.05, 3.63) is 70.5 Å². The van der Waals surface area contributed by atoms with Gasteiger partial charge in [-0.25, -0.2) is 4.98 Å². The molecule has 1 saturated heterocycles. The van der Waals surface area contributed by atoms with Gasteiger partial charge in [-0.15, -0.1) is 0 Å². The van der Waals surface area contributed by atoms with Crippen LogP contribution in [0.2, 0.25) is 0 Å². The summed E-state index contributed by atoms with van der Waals surface area (Å²) in [6, 6.07) is 18.0. The zero-order chi connectivity index (χ0) is 15.6. The first-order valence-corrected chi connectivity index (χ1v) is 8.77. The van der Waals surface area contributed by atoms with E-state index in [1.165, 1.54) is 5.56 Å². The highest BCUT2D eigenvalue weighted by Crippen LogP contribution is 2.34. The summed E-state index contributed by atoms with van der Waals surface area (Å²) in [7, 11) is 0. The number of hydrogen-bond donors (Lipinski definition) is 1. The maximum atomic E-state index is 12.3. The summed E-state index contributed by atoms with van der Waals surface area (Å²) in [6.45, 7) is 1.76. The van der Waals surface area contributed by atoms with Crippen LogP contribution in [0.4, 0.5) is 5.95 Å². The van der Waals surface area contributed by atoms with Crippen LogP contribution in [0.1, 0.15) is 10.8 Å². The molecule has 1 aliphatic heterocycles. The average Bonchev–Trinajstić information content (AvgIpc) is 2.62. The van der Waals surface area contributed by atoms with Crippen LogP contribution >= 0.6 is 11.8 Å². The quantitative estimate of drug-likeness (QED) is 0.787. The Morgan fingerprint density at radius 3 is 2.74 bits per heavy atom. The summed E-state index contributed by atoms with van der Waals surface area (Å²) in [5.74, 6) is 1.70. The molecule has 0 spiro atoms. The fraction of sp³-hybridized carbons (Fsp3) is 0.222. The van der Waals surface area contributed by atoms with Crippen molar-refractivity contribution in [1.82, 2.24) is 9.97 Å². The largest absolute Gasteiger partial charge is 0.340 e. The second kappa shape index (κ2) is 6.08. The summed E-state index contributed by atoms with van der Waals surface area (Å²) < 4.78 is 0. The van der Waals surface area contributed by atoms with Gasteiger partial charge >= 0.3 is 0 Å². The number of benzene rings is 2. The highest BCUT2D eigenvalue weighted by molar-refractivity contribution is 7.99. The topological polar surface area (TPSA) is 49.0 Å². The molecule has 0 unspecified atom stereocenters. The molecule has 0 saturated carbocycles. The van der Waals surface area contributed by atoms with Crippen molar-refractivity contribution in [3.8, 4) is 0 Å². The minimum Gasteiger partial charge on any atom is -0.340 e. The van der Waals surface area contributed by atoms with Crippen LogP contribution < -0.4 is 10.5 Å². The molecule has 4 rings (SSSR count). The maximum absolute atomic E-state index is 12.3. The molecule has 2 heterocycles. The lowest BCUT2D eigenvalue weighted by Gasteiger charge is -2.33. The molecule has 3 aromatic rings. The fourth-order valence-corrected chi connectivity index (χ4v) is 4.18. The van der Waals surface area contributed by atoms with E-state index in [0.717, 1.165) is 24.4 Å². The van der Waals surface area contributed by atoms with E-state index in [0.29, 0.717) is 16.6 Å². The van der Waals surface area contributed by atoms with E-state index in [1.807, 2.05) is 42.1 Å². The lowest BCUT2D eigenvalue weighted by molar-refractivity contribution is 0.749. The SMILES string of the molecule is O=c1[nH]c(N2CCS[C@@H](c3ccccc3)C2)nc2ccccc12. The van der Waals surface area contributed by atoms with Crippen molar-refractivity contribution in [2.45, 2.75) is 5.25 Å². The third kappa shape index (κ3) is 2.84. The highest BCUT2D eigenvalue weighted by atomic mass is 32.2. The van der Waals surface area contributed by atoms with E-state index in [4.69, 9.17) is 0 Å². The fourth-order valence-electron chi connectivity index (χ4n) is 2.93. The Morgan fingerprint density at radius 1 is 1.09 bits per heavy atom. The van der Waals surface area contributed by atoms with Crippen LogP contribution in [0.25, 0.3) is 10.9 Å². The highest BCUT2D eigenvalue weighted by Gasteiger charge is 2.23. The molecule has 0 amide bonds. The number of hydrogen-bond acceptors (Lipinski definition) is 4. The molecule has 1 aliphatic rings. The number of fused-ring (bicyclic) bond motifs is 1. The lowest BCUT2D eigenvalue weighted by Crippen LogP contribution is -2.36. The van der Waals surface area contributed by atoms with Gasteiger partial charge in [0.1, 0.15) is 0 Å². The second-order valence-electron chi connectivity index (χ2n) is 5.62. The molecule has 5 heteroatoms. The van der Waals surface area contributed by atoms with E-state index >= 15 is 0 Å².